The molecule has 2 fully saturated rings. The first-order valence-electron chi connectivity index (χ1n) is 4.80. The maximum absolute atomic E-state index is 11.6. The Kier molecular flexibility index (Phi) is 2.17. The molecule has 1 heterocycles. The van der Waals surface area contributed by atoms with E-state index in [1.807, 2.05) is 0 Å². The standard InChI is InChI=1S/C9H13N3O2/c10-5-9(1-2-9)12-8(14)7-3-6(13)4-11-7/h6-7,11,13H,1-4H2,(H,12,14). The summed E-state index contributed by atoms with van der Waals surface area (Å²) in [6.45, 7) is 0.456. The van der Waals surface area contributed by atoms with Gasteiger partial charge in [0.05, 0.1) is 18.2 Å². The Labute approximate surface area is 82.1 Å². The Hall–Kier alpha value is -1.12. The fourth-order valence-electron chi connectivity index (χ4n) is 1.63. The molecule has 14 heavy (non-hydrogen) atoms. The average molecular weight is 195 g/mol. The number of nitriles is 1. The van der Waals surface area contributed by atoms with E-state index in [0.29, 0.717) is 13.0 Å². The summed E-state index contributed by atoms with van der Waals surface area (Å²) in [5, 5.41) is 23.6. The van der Waals surface area contributed by atoms with Crippen molar-refractivity contribution in [3.8, 4) is 6.07 Å². The zero-order chi connectivity index (χ0) is 10.2. The van der Waals surface area contributed by atoms with Crippen molar-refractivity contribution >= 4 is 5.91 Å². The Morgan fingerprint density at radius 1 is 1.64 bits per heavy atom. The largest absolute Gasteiger partial charge is 0.392 e. The van der Waals surface area contributed by atoms with Crippen LogP contribution in [0.3, 0.4) is 0 Å². The molecule has 2 unspecified atom stereocenters. The number of hydrogen-bond donors (Lipinski definition) is 3. The molecule has 3 N–H and O–H groups in total. The maximum atomic E-state index is 11.6. The van der Waals surface area contributed by atoms with Gasteiger partial charge in [-0.1, -0.05) is 0 Å². The lowest BCUT2D eigenvalue weighted by Crippen LogP contribution is -2.45. The van der Waals surface area contributed by atoms with Crippen LogP contribution in [0.15, 0.2) is 0 Å². The van der Waals surface area contributed by atoms with E-state index in [0.717, 1.165) is 12.8 Å². The maximum Gasteiger partial charge on any atom is 0.238 e. The van der Waals surface area contributed by atoms with Crippen LogP contribution in [0.25, 0.3) is 0 Å². The monoisotopic (exact) mass is 195 g/mol. The van der Waals surface area contributed by atoms with Crippen LogP contribution in [0.4, 0.5) is 0 Å². The van der Waals surface area contributed by atoms with E-state index >= 15 is 0 Å². The zero-order valence-electron chi connectivity index (χ0n) is 7.79. The summed E-state index contributed by atoms with van der Waals surface area (Å²) in [6, 6.07) is 1.76. The minimum atomic E-state index is -0.605. The summed E-state index contributed by atoms with van der Waals surface area (Å²) in [7, 11) is 0. The topological polar surface area (TPSA) is 85.2 Å². The molecular formula is C9H13N3O2. The molecule has 2 atom stereocenters. The van der Waals surface area contributed by atoms with Crippen LogP contribution in [0, 0.1) is 11.3 Å². The van der Waals surface area contributed by atoms with Gasteiger partial charge in [0.15, 0.2) is 0 Å². The highest BCUT2D eigenvalue weighted by Crippen LogP contribution is 2.34. The minimum Gasteiger partial charge on any atom is -0.392 e. The van der Waals surface area contributed by atoms with Crippen LogP contribution < -0.4 is 10.6 Å². The molecule has 0 aromatic carbocycles. The number of hydrogen-bond acceptors (Lipinski definition) is 4. The molecule has 0 aromatic heterocycles. The number of carbonyl (C=O) groups excluding carboxylic acids is 1. The first-order valence-corrected chi connectivity index (χ1v) is 4.80. The number of rotatable bonds is 2. The van der Waals surface area contributed by atoms with E-state index in [1.54, 1.807) is 0 Å². The van der Waals surface area contributed by atoms with Gasteiger partial charge in [-0.25, -0.2) is 0 Å². The SMILES string of the molecule is N#CC1(NC(=O)C2CC(O)CN2)CC1. The van der Waals surface area contributed by atoms with Crippen molar-refractivity contribution in [3.63, 3.8) is 0 Å². The number of nitrogens with zero attached hydrogens (tertiary/aromatic N) is 1. The lowest BCUT2D eigenvalue weighted by molar-refractivity contribution is -0.123. The molecule has 1 aliphatic heterocycles. The van der Waals surface area contributed by atoms with Crippen molar-refractivity contribution in [2.45, 2.75) is 36.9 Å². The third-order valence-electron chi connectivity index (χ3n) is 2.75. The second kappa shape index (κ2) is 3.23. The lowest BCUT2D eigenvalue weighted by atomic mass is 10.2. The third-order valence-corrected chi connectivity index (χ3v) is 2.75. The summed E-state index contributed by atoms with van der Waals surface area (Å²) in [5.74, 6) is -0.166. The molecular weight excluding hydrogens is 182 g/mol. The minimum absolute atomic E-state index is 0.166. The van der Waals surface area contributed by atoms with Crippen molar-refractivity contribution < 1.29 is 9.90 Å². The van der Waals surface area contributed by atoms with Gasteiger partial charge < -0.3 is 15.7 Å². The van der Waals surface area contributed by atoms with Gasteiger partial charge in [0.25, 0.3) is 0 Å². The first-order chi connectivity index (χ1) is 6.65. The lowest BCUT2D eigenvalue weighted by Gasteiger charge is -2.13. The molecule has 0 radical (unpaired) electrons. The van der Waals surface area contributed by atoms with Crippen molar-refractivity contribution in [2.24, 2.45) is 0 Å². The summed E-state index contributed by atoms with van der Waals surface area (Å²) in [5.41, 5.74) is -0.605. The molecule has 2 rings (SSSR count). The van der Waals surface area contributed by atoms with Gasteiger partial charge >= 0.3 is 0 Å². The number of nitrogens with one attached hydrogen (secondary N) is 2. The second-order valence-electron chi connectivity index (χ2n) is 4.03. The van der Waals surface area contributed by atoms with Gasteiger partial charge in [0, 0.05) is 6.54 Å². The molecule has 5 nitrogen and oxygen atoms in total. The highest BCUT2D eigenvalue weighted by atomic mass is 16.3. The van der Waals surface area contributed by atoms with Crippen molar-refractivity contribution in [1.29, 1.82) is 5.26 Å². The number of aliphatic hydroxyl groups is 1. The number of aliphatic hydroxyl groups excluding tert-OH is 1. The van der Waals surface area contributed by atoms with Crippen LogP contribution in [0.2, 0.25) is 0 Å². The molecule has 2 aliphatic rings. The molecule has 1 saturated carbocycles. The Balaban J connectivity index is 1.88. The van der Waals surface area contributed by atoms with E-state index in [1.165, 1.54) is 0 Å². The number of amides is 1. The Morgan fingerprint density at radius 2 is 2.36 bits per heavy atom. The normalized spacial score (nSPS) is 33.4. The van der Waals surface area contributed by atoms with Gasteiger partial charge in [0.1, 0.15) is 5.54 Å². The van der Waals surface area contributed by atoms with Crippen LogP contribution >= 0.6 is 0 Å². The predicted octanol–water partition coefficient (Wildman–Crippen LogP) is -1.12. The van der Waals surface area contributed by atoms with Gasteiger partial charge in [0.2, 0.25) is 5.91 Å². The summed E-state index contributed by atoms with van der Waals surface area (Å²) in [4.78, 5) is 11.6. The zero-order valence-corrected chi connectivity index (χ0v) is 7.79. The fourth-order valence-corrected chi connectivity index (χ4v) is 1.63. The van der Waals surface area contributed by atoms with Crippen LogP contribution in [0.1, 0.15) is 19.3 Å². The molecule has 0 aromatic rings. The number of carbonyl (C=O) groups is 1. The molecule has 1 aliphatic carbocycles. The third kappa shape index (κ3) is 1.72. The highest BCUT2D eigenvalue weighted by molar-refractivity contribution is 5.83. The van der Waals surface area contributed by atoms with E-state index in [9.17, 15) is 9.90 Å². The molecule has 1 saturated heterocycles. The van der Waals surface area contributed by atoms with E-state index in [-0.39, 0.29) is 11.9 Å². The van der Waals surface area contributed by atoms with Crippen molar-refractivity contribution in [3.05, 3.63) is 0 Å². The molecule has 5 heteroatoms. The van der Waals surface area contributed by atoms with Gasteiger partial charge in [-0.3, -0.25) is 4.79 Å². The van der Waals surface area contributed by atoms with Crippen LogP contribution in [-0.4, -0.2) is 35.2 Å². The molecule has 76 valence electrons. The van der Waals surface area contributed by atoms with E-state index in [2.05, 4.69) is 16.7 Å². The Morgan fingerprint density at radius 3 is 2.79 bits per heavy atom. The predicted molar refractivity (Wildman–Crippen MR) is 48.1 cm³/mol. The van der Waals surface area contributed by atoms with Crippen molar-refractivity contribution in [1.82, 2.24) is 10.6 Å². The van der Waals surface area contributed by atoms with Crippen molar-refractivity contribution in [2.75, 3.05) is 6.54 Å². The Bertz CT molecular complexity index is 293. The smallest absolute Gasteiger partial charge is 0.238 e. The van der Waals surface area contributed by atoms with Gasteiger partial charge in [-0.2, -0.15) is 5.26 Å². The quantitative estimate of drug-likeness (QED) is 0.521. The van der Waals surface area contributed by atoms with Crippen LogP contribution in [-0.2, 0) is 4.79 Å². The van der Waals surface area contributed by atoms with Gasteiger partial charge in [-0.15, -0.1) is 0 Å². The number of β-amino-alcohol motifs (C(OH)–C–C–N with tert-alkyl or cyclic N) is 1. The molecule has 0 spiro atoms. The fraction of sp³-hybridized carbons (Fsp3) is 0.778. The second-order valence-corrected chi connectivity index (χ2v) is 4.03. The van der Waals surface area contributed by atoms with E-state index < -0.39 is 11.6 Å². The first kappa shape index (κ1) is 9.44. The summed E-state index contributed by atoms with van der Waals surface area (Å²) in [6.07, 6.45) is 1.48. The molecule has 0 bridgehead atoms. The van der Waals surface area contributed by atoms with Gasteiger partial charge in [-0.05, 0) is 19.3 Å². The summed E-state index contributed by atoms with van der Waals surface area (Å²) >= 11 is 0. The highest BCUT2D eigenvalue weighted by Gasteiger charge is 2.46. The summed E-state index contributed by atoms with van der Waals surface area (Å²) < 4.78 is 0. The van der Waals surface area contributed by atoms with Crippen LogP contribution in [0.5, 0.6) is 0 Å². The van der Waals surface area contributed by atoms with E-state index in [4.69, 9.17) is 5.26 Å². The molecule has 1 amide bonds. The average Bonchev–Trinajstić information content (AvgIpc) is 2.80.